The van der Waals surface area contributed by atoms with E-state index in [0.29, 0.717) is 6.04 Å². The smallest absolute Gasteiger partial charge is 0.145 e. The van der Waals surface area contributed by atoms with E-state index in [0.717, 1.165) is 42.3 Å². The first kappa shape index (κ1) is 20.9. The lowest BCUT2D eigenvalue weighted by molar-refractivity contribution is 0.507. The van der Waals surface area contributed by atoms with Gasteiger partial charge in [0.2, 0.25) is 0 Å². The van der Waals surface area contributed by atoms with E-state index in [2.05, 4.69) is 68.8 Å². The SMILES string of the molecule is C=C/C=C(\C)CCNCCSC[C@@H]1CC[C@H](n2ccc3c(NC)ncnc32)C1. The zero-order valence-corrected chi connectivity index (χ0v) is 18.0. The monoisotopic (exact) mass is 399 g/mol. The summed E-state index contributed by atoms with van der Waals surface area (Å²) in [6.45, 7) is 8.05. The van der Waals surface area contributed by atoms with E-state index in [9.17, 15) is 0 Å². The second kappa shape index (κ2) is 10.7. The third-order valence-corrected chi connectivity index (χ3v) is 6.73. The highest BCUT2D eigenvalue weighted by atomic mass is 32.2. The Hall–Kier alpha value is -1.79. The Bertz CT molecular complexity index is 797. The van der Waals surface area contributed by atoms with Crippen LogP contribution in [0.1, 0.15) is 38.6 Å². The molecule has 0 saturated heterocycles. The third-order valence-electron chi connectivity index (χ3n) is 5.53. The van der Waals surface area contributed by atoms with Crippen molar-refractivity contribution in [2.75, 3.05) is 37.0 Å². The molecule has 0 radical (unpaired) electrons. The van der Waals surface area contributed by atoms with Crippen molar-refractivity contribution in [3.63, 3.8) is 0 Å². The van der Waals surface area contributed by atoms with Gasteiger partial charge in [0.25, 0.3) is 0 Å². The molecule has 0 aliphatic heterocycles. The van der Waals surface area contributed by atoms with Gasteiger partial charge in [0.1, 0.15) is 17.8 Å². The van der Waals surface area contributed by atoms with Crippen LogP contribution in [0, 0.1) is 5.92 Å². The Morgan fingerprint density at radius 2 is 2.25 bits per heavy atom. The summed E-state index contributed by atoms with van der Waals surface area (Å²) < 4.78 is 2.36. The maximum atomic E-state index is 4.54. The number of allylic oxidation sites excluding steroid dienone is 2. The van der Waals surface area contributed by atoms with Gasteiger partial charge in [-0.3, -0.25) is 0 Å². The van der Waals surface area contributed by atoms with Crippen molar-refractivity contribution in [3.8, 4) is 0 Å². The summed E-state index contributed by atoms with van der Waals surface area (Å²) in [5.74, 6) is 4.19. The zero-order chi connectivity index (χ0) is 19.8. The van der Waals surface area contributed by atoms with E-state index in [4.69, 9.17) is 0 Å². The number of fused-ring (bicyclic) bond motifs is 1. The molecule has 2 aromatic rings. The van der Waals surface area contributed by atoms with Gasteiger partial charge in [-0.25, -0.2) is 9.97 Å². The summed E-state index contributed by atoms with van der Waals surface area (Å²) in [6, 6.07) is 2.71. The molecule has 2 heterocycles. The summed E-state index contributed by atoms with van der Waals surface area (Å²) >= 11 is 2.09. The Kier molecular flexibility index (Phi) is 7.98. The molecule has 3 rings (SSSR count). The predicted octanol–water partition coefficient (Wildman–Crippen LogP) is 4.66. The van der Waals surface area contributed by atoms with Crippen molar-refractivity contribution in [1.29, 1.82) is 0 Å². The molecule has 1 fully saturated rings. The van der Waals surface area contributed by atoms with E-state index in [1.54, 1.807) is 6.33 Å². The van der Waals surface area contributed by atoms with Crippen LogP contribution in [0.15, 0.2) is 42.9 Å². The predicted molar refractivity (Wildman–Crippen MR) is 122 cm³/mol. The van der Waals surface area contributed by atoms with Gasteiger partial charge in [-0.15, -0.1) is 0 Å². The summed E-state index contributed by atoms with van der Waals surface area (Å²) in [5.41, 5.74) is 2.44. The molecule has 0 spiro atoms. The minimum atomic E-state index is 0.570. The van der Waals surface area contributed by atoms with Gasteiger partial charge in [0.05, 0.1) is 5.39 Å². The van der Waals surface area contributed by atoms with Crippen LogP contribution in [0.2, 0.25) is 0 Å². The second-order valence-electron chi connectivity index (χ2n) is 7.59. The number of hydrogen-bond acceptors (Lipinski definition) is 5. The Morgan fingerprint density at radius 1 is 1.36 bits per heavy atom. The van der Waals surface area contributed by atoms with Crippen LogP contribution < -0.4 is 10.6 Å². The summed E-state index contributed by atoms with van der Waals surface area (Å²) in [6.07, 6.45) is 12.7. The van der Waals surface area contributed by atoms with Crippen LogP contribution in [0.25, 0.3) is 11.0 Å². The number of nitrogens with zero attached hydrogens (tertiary/aromatic N) is 3. The van der Waals surface area contributed by atoms with Crippen LogP contribution in [0.5, 0.6) is 0 Å². The number of rotatable bonds is 11. The molecule has 0 aromatic carbocycles. The highest BCUT2D eigenvalue weighted by Crippen LogP contribution is 2.38. The molecule has 2 N–H and O–H groups in total. The Labute approximate surface area is 173 Å². The van der Waals surface area contributed by atoms with E-state index in [-0.39, 0.29) is 0 Å². The van der Waals surface area contributed by atoms with E-state index in [1.807, 2.05) is 13.1 Å². The molecule has 1 saturated carbocycles. The van der Waals surface area contributed by atoms with Crippen molar-refractivity contribution in [2.45, 2.75) is 38.6 Å². The normalized spacial score (nSPS) is 20.0. The molecule has 28 heavy (non-hydrogen) atoms. The zero-order valence-electron chi connectivity index (χ0n) is 17.2. The first-order valence-electron chi connectivity index (χ1n) is 10.3. The highest BCUT2D eigenvalue weighted by Gasteiger charge is 2.27. The maximum Gasteiger partial charge on any atom is 0.145 e. The topological polar surface area (TPSA) is 54.8 Å². The number of aromatic nitrogens is 3. The molecular formula is C22H33N5S. The molecular weight excluding hydrogens is 366 g/mol. The summed E-state index contributed by atoms with van der Waals surface area (Å²) in [7, 11) is 1.91. The van der Waals surface area contributed by atoms with Crippen molar-refractivity contribution < 1.29 is 0 Å². The van der Waals surface area contributed by atoms with E-state index < -0.39 is 0 Å². The van der Waals surface area contributed by atoms with Gasteiger partial charge >= 0.3 is 0 Å². The molecule has 0 amide bonds. The molecule has 1 aliphatic rings. The molecule has 0 bridgehead atoms. The van der Waals surface area contributed by atoms with Crippen molar-refractivity contribution in [3.05, 3.63) is 42.9 Å². The Balaban J connectivity index is 1.38. The quantitative estimate of drug-likeness (QED) is 0.425. The van der Waals surface area contributed by atoms with Crippen LogP contribution >= 0.6 is 11.8 Å². The number of nitrogens with one attached hydrogen (secondary N) is 2. The van der Waals surface area contributed by atoms with Gasteiger partial charge < -0.3 is 15.2 Å². The molecule has 2 aromatic heterocycles. The second-order valence-corrected chi connectivity index (χ2v) is 8.74. The minimum Gasteiger partial charge on any atom is -0.372 e. The highest BCUT2D eigenvalue weighted by molar-refractivity contribution is 7.99. The summed E-state index contributed by atoms with van der Waals surface area (Å²) in [4.78, 5) is 8.85. The fourth-order valence-electron chi connectivity index (χ4n) is 4.01. The summed E-state index contributed by atoms with van der Waals surface area (Å²) in [5, 5.41) is 7.82. The van der Waals surface area contributed by atoms with Crippen molar-refractivity contribution >= 4 is 28.6 Å². The van der Waals surface area contributed by atoms with Crippen molar-refractivity contribution in [1.82, 2.24) is 19.9 Å². The van der Waals surface area contributed by atoms with E-state index >= 15 is 0 Å². The molecule has 152 valence electrons. The van der Waals surface area contributed by atoms with Crippen LogP contribution in [0.3, 0.4) is 0 Å². The van der Waals surface area contributed by atoms with Crippen LogP contribution in [0.4, 0.5) is 5.82 Å². The fraction of sp³-hybridized carbons (Fsp3) is 0.545. The largest absolute Gasteiger partial charge is 0.372 e. The lowest BCUT2D eigenvalue weighted by Crippen LogP contribution is -2.19. The standard InChI is InChI=1S/C22H33N5S/c1-4-5-17(2)8-10-24-11-13-28-15-18-6-7-19(14-18)27-12-9-20-21(23-3)25-16-26-22(20)27/h4-5,9,12,16,18-19,24H,1,6-8,10-11,13-15H2,2-3H3,(H,23,25,26)/b17-5+/t18-,19+/m1/s1. The maximum absolute atomic E-state index is 4.54. The molecule has 5 nitrogen and oxygen atoms in total. The lowest BCUT2D eigenvalue weighted by Gasteiger charge is -2.14. The average molecular weight is 400 g/mol. The fourth-order valence-corrected chi connectivity index (χ4v) is 5.10. The van der Waals surface area contributed by atoms with Gasteiger partial charge in [-0.05, 0) is 56.9 Å². The molecule has 2 atom stereocenters. The number of thioether (sulfide) groups is 1. The molecule has 6 heteroatoms. The van der Waals surface area contributed by atoms with Crippen LogP contribution in [-0.4, -0.2) is 46.2 Å². The first-order chi connectivity index (χ1) is 13.7. The molecule has 0 unspecified atom stereocenters. The minimum absolute atomic E-state index is 0.570. The number of hydrogen-bond donors (Lipinski definition) is 2. The van der Waals surface area contributed by atoms with Gasteiger partial charge in [-0.2, -0.15) is 11.8 Å². The third kappa shape index (κ3) is 5.39. The lowest BCUT2D eigenvalue weighted by atomic mass is 10.1. The van der Waals surface area contributed by atoms with Crippen molar-refractivity contribution in [2.24, 2.45) is 5.92 Å². The Morgan fingerprint density at radius 3 is 3.07 bits per heavy atom. The van der Waals surface area contributed by atoms with Gasteiger partial charge in [0.15, 0.2) is 0 Å². The first-order valence-corrected chi connectivity index (χ1v) is 11.4. The molecule has 1 aliphatic carbocycles. The van der Waals surface area contributed by atoms with Gasteiger partial charge in [0, 0.05) is 31.6 Å². The van der Waals surface area contributed by atoms with Crippen LogP contribution in [-0.2, 0) is 0 Å². The average Bonchev–Trinajstić information content (AvgIpc) is 3.33. The van der Waals surface area contributed by atoms with Gasteiger partial charge in [-0.1, -0.05) is 24.3 Å². The number of anilines is 1. The van der Waals surface area contributed by atoms with E-state index in [1.165, 1.54) is 36.3 Å².